The van der Waals surface area contributed by atoms with Gasteiger partial charge in [-0.05, 0) is 48.2 Å². The minimum absolute atomic E-state index is 0.283. The van der Waals surface area contributed by atoms with Gasteiger partial charge in [0.15, 0.2) is 0 Å². The molecule has 0 aliphatic carbocycles. The average Bonchev–Trinajstić information content (AvgIpc) is 2.64. The van der Waals surface area contributed by atoms with E-state index in [1.165, 1.54) is 17.6 Å². The van der Waals surface area contributed by atoms with E-state index in [0.717, 1.165) is 29.7 Å². The van der Waals surface area contributed by atoms with E-state index in [0.29, 0.717) is 17.9 Å². The summed E-state index contributed by atoms with van der Waals surface area (Å²) < 4.78 is 10.9. The lowest BCUT2D eigenvalue weighted by Gasteiger charge is -2.20. The number of esters is 1. The first kappa shape index (κ1) is 18.6. The maximum atomic E-state index is 12.5. The largest absolute Gasteiger partial charge is 0.423 e. The van der Waals surface area contributed by atoms with Crippen molar-refractivity contribution in [2.24, 2.45) is 0 Å². The fourth-order valence-corrected chi connectivity index (χ4v) is 3.39. The molecular formula is C20H24O3S. The van der Waals surface area contributed by atoms with Crippen LogP contribution in [0.1, 0.15) is 48.7 Å². The van der Waals surface area contributed by atoms with Crippen LogP contribution in [0.3, 0.4) is 0 Å². The number of para-hydroxylation sites is 1. The zero-order valence-electron chi connectivity index (χ0n) is 14.5. The summed E-state index contributed by atoms with van der Waals surface area (Å²) in [5, 5.41) is 0. The predicted octanol–water partition coefficient (Wildman–Crippen LogP) is 5.46. The van der Waals surface area contributed by atoms with Crippen LogP contribution in [0, 0.1) is 0 Å². The van der Waals surface area contributed by atoms with E-state index >= 15 is 0 Å². The maximum absolute atomic E-state index is 12.5. The summed E-state index contributed by atoms with van der Waals surface area (Å²) in [4.78, 5) is 13.7. The summed E-state index contributed by atoms with van der Waals surface area (Å²) in [6, 6.07) is 13.0. The van der Waals surface area contributed by atoms with Gasteiger partial charge in [0.2, 0.25) is 0 Å². The number of hydrogen-bond donors (Lipinski definition) is 0. The van der Waals surface area contributed by atoms with Crippen LogP contribution in [0.25, 0.3) is 0 Å². The highest BCUT2D eigenvalue weighted by Gasteiger charge is 2.21. The third-order valence-corrected chi connectivity index (χ3v) is 4.49. The molecule has 0 saturated carbocycles. The molecule has 0 amide bonds. The monoisotopic (exact) mass is 344 g/mol. The summed E-state index contributed by atoms with van der Waals surface area (Å²) in [5.74, 6) is 0.291. The normalized spacial score (nSPS) is 12.6. The number of carbonyl (C=O) groups excluding carboxylic acids is 1. The molecule has 0 unspecified atom stereocenters. The Hall–Kier alpha value is -1.78. The SMILES string of the molecule is CC.CCCc1c(C(=O)Oc2ccccc2)ccc2c1CCOS2. The van der Waals surface area contributed by atoms with Gasteiger partial charge in [-0.15, -0.1) is 0 Å². The van der Waals surface area contributed by atoms with Crippen molar-refractivity contribution < 1.29 is 13.7 Å². The van der Waals surface area contributed by atoms with Gasteiger partial charge in [0.05, 0.1) is 12.2 Å². The van der Waals surface area contributed by atoms with E-state index in [4.69, 9.17) is 8.92 Å². The number of carbonyl (C=O) groups is 1. The van der Waals surface area contributed by atoms with Crippen molar-refractivity contribution in [3.05, 3.63) is 59.2 Å². The van der Waals surface area contributed by atoms with Crippen molar-refractivity contribution in [2.75, 3.05) is 6.61 Å². The number of fused-ring (bicyclic) bond motifs is 1. The molecule has 1 aliphatic rings. The molecule has 0 N–H and O–H groups in total. The van der Waals surface area contributed by atoms with E-state index in [9.17, 15) is 4.79 Å². The van der Waals surface area contributed by atoms with E-state index in [1.807, 2.05) is 44.2 Å². The number of ether oxygens (including phenoxy) is 1. The highest BCUT2D eigenvalue weighted by atomic mass is 32.2. The second-order valence-corrected chi connectivity index (χ2v) is 6.02. The predicted molar refractivity (Wildman–Crippen MR) is 98.7 cm³/mol. The van der Waals surface area contributed by atoms with Crippen LogP contribution < -0.4 is 4.74 Å². The van der Waals surface area contributed by atoms with Crippen molar-refractivity contribution in [3.63, 3.8) is 0 Å². The van der Waals surface area contributed by atoms with Crippen LogP contribution in [0.2, 0.25) is 0 Å². The molecule has 128 valence electrons. The van der Waals surface area contributed by atoms with Crippen molar-refractivity contribution in [3.8, 4) is 5.75 Å². The van der Waals surface area contributed by atoms with Gasteiger partial charge in [0.1, 0.15) is 5.75 Å². The van der Waals surface area contributed by atoms with Crippen molar-refractivity contribution >= 4 is 18.0 Å². The van der Waals surface area contributed by atoms with Gasteiger partial charge in [0.25, 0.3) is 0 Å². The topological polar surface area (TPSA) is 35.5 Å². The molecule has 0 radical (unpaired) electrons. The minimum atomic E-state index is -0.283. The Balaban J connectivity index is 0.00000100. The van der Waals surface area contributed by atoms with Crippen LogP contribution in [0.4, 0.5) is 0 Å². The van der Waals surface area contributed by atoms with Crippen LogP contribution in [0.5, 0.6) is 5.75 Å². The lowest BCUT2D eigenvalue weighted by Crippen LogP contribution is -2.15. The van der Waals surface area contributed by atoms with Gasteiger partial charge in [-0.1, -0.05) is 45.4 Å². The van der Waals surface area contributed by atoms with Crippen LogP contribution in [-0.4, -0.2) is 12.6 Å². The smallest absolute Gasteiger partial charge is 0.343 e. The Morgan fingerprint density at radius 3 is 2.62 bits per heavy atom. The summed E-state index contributed by atoms with van der Waals surface area (Å²) in [7, 11) is 0. The van der Waals surface area contributed by atoms with Crippen LogP contribution in [0.15, 0.2) is 47.4 Å². The molecule has 4 heteroatoms. The van der Waals surface area contributed by atoms with Gasteiger partial charge >= 0.3 is 5.97 Å². The number of hydrogen-bond acceptors (Lipinski definition) is 4. The highest BCUT2D eigenvalue weighted by molar-refractivity contribution is 7.94. The first-order chi connectivity index (χ1) is 11.8. The van der Waals surface area contributed by atoms with E-state index in [-0.39, 0.29) is 5.97 Å². The Morgan fingerprint density at radius 1 is 1.17 bits per heavy atom. The second-order valence-electron chi connectivity index (χ2n) is 5.18. The average molecular weight is 344 g/mol. The molecule has 0 fully saturated rings. The van der Waals surface area contributed by atoms with Gasteiger partial charge < -0.3 is 8.92 Å². The fraction of sp³-hybridized carbons (Fsp3) is 0.350. The van der Waals surface area contributed by atoms with Gasteiger partial charge in [-0.3, -0.25) is 0 Å². The summed E-state index contributed by atoms with van der Waals surface area (Å²) in [5.41, 5.74) is 3.02. The van der Waals surface area contributed by atoms with E-state index in [2.05, 4.69) is 6.92 Å². The highest BCUT2D eigenvalue weighted by Crippen LogP contribution is 2.34. The van der Waals surface area contributed by atoms with Gasteiger partial charge in [0, 0.05) is 16.9 Å². The Morgan fingerprint density at radius 2 is 1.92 bits per heavy atom. The zero-order chi connectivity index (χ0) is 17.4. The first-order valence-corrected chi connectivity index (χ1v) is 9.25. The third kappa shape index (κ3) is 4.40. The maximum Gasteiger partial charge on any atom is 0.343 e. The van der Waals surface area contributed by atoms with Crippen LogP contribution >= 0.6 is 12.0 Å². The van der Waals surface area contributed by atoms with Crippen molar-refractivity contribution in [2.45, 2.75) is 44.9 Å². The molecule has 3 rings (SSSR count). The minimum Gasteiger partial charge on any atom is -0.423 e. The molecule has 24 heavy (non-hydrogen) atoms. The molecule has 3 nitrogen and oxygen atoms in total. The molecule has 0 bridgehead atoms. The third-order valence-electron chi connectivity index (χ3n) is 3.65. The second kappa shape index (κ2) is 9.50. The fourth-order valence-electron chi connectivity index (χ4n) is 2.65. The quantitative estimate of drug-likeness (QED) is 0.419. The van der Waals surface area contributed by atoms with Crippen molar-refractivity contribution in [1.29, 1.82) is 0 Å². The molecule has 0 aromatic heterocycles. The molecule has 1 aliphatic heterocycles. The summed E-state index contributed by atoms with van der Waals surface area (Å²) in [6.45, 7) is 6.81. The van der Waals surface area contributed by atoms with E-state index < -0.39 is 0 Å². The van der Waals surface area contributed by atoms with E-state index in [1.54, 1.807) is 12.1 Å². The van der Waals surface area contributed by atoms with Crippen molar-refractivity contribution in [1.82, 2.24) is 0 Å². The van der Waals surface area contributed by atoms with Gasteiger partial charge in [-0.25, -0.2) is 4.79 Å². The zero-order valence-corrected chi connectivity index (χ0v) is 15.3. The number of benzene rings is 2. The molecule has 2 aromatic rings. The first-order valence-electron chi connectivity index (χ1n) is 8.51. The molecular weight excluding hydrogens is 320 g/mol. The molecule has 0 spiro atoms. The van der Waals surface area contributed by atoms with Gasteiger partial charge in [-0.2, -0.15) is 0 Å². The molecule has 0 saturated heterocycles. The molecule has 2 aromatic carbocycles. The Labute approximate surface area is 148 Å². The summed E-state index contributed by atoms with van der Waals surface area (Å²) >= 11 is 1.40. The Bertz CT molecular complexity index is 668. The Kier molecular flexibility index (Phi) is 7.35. The molecule has 0 atom stereocenters. The standard InChI is InChI=1S/C18H18O3S.C2H6/c1-2-6-14-15-11-12-20-22-17(15)10-9-16(14)18(19)21-13-7-4-3-5-8-13;1-2/h3-5,7-10H,2,6,11-12H2,1H3;1-2H3. The number of rotatable bonds is 4. The molecule has 1 heterocycles. The van der Waals surface area contributed by atoms with Crippen LogP contribution in [-0.2, 0) is 17.0 Å². The lowest BCUT2D eigenvalue weighted by molar-refractivity contribution is 0.0733. The lowest BCUT2D eigenvalue weighted by atomic mass is 9.95. The summed E-state index contributed by atoms with van der Waals surface area (Å²) in [6.07, 6.45) is 2.72.